The highest BCUT2D eigenvalue weighted by atomic mass is 16.5. The molecule has 0 heterocycles. The van der Waals surface area contributed by atoms with Crippen molar-refractivity contribution >= 4 is 11.7 Å². The molecule has 0 aliphatic heterocycles. The average Bonchev–Trinajstić information content (AvgIpc) is 2.55. The minimum absolute atomic E-state index is 0.0142. The van der Waals surface area contributed by atoms with E-state index in [0.717, 1.165) is 19.4 Å². The van der Waals surface area contributed by atoms with E-state index in [4.69, 9.17) is 0 Å². The second-order valence-electron chi connectivity index (χ2n) is 5.65. The molecule has 0 atom stereocenters. The second-order valence-corrected chi connectivity index (χ2v) is 5.65. The lowest BCUT2D eigenvalue weighted by Gasteiger charge is -2.18. The summed E-state index contributed by atoms with van der Waals surface area (Å²) in [6.07, 6.45) is 6.92. The molecular formula is C18H29NO2. The Morgan fingerprint density at radius 3 is 2.33 bits per heavy atom. The van der Waals surface area contributed by atoms with Gasteiger partial charge in [0.1, 0.15) is 0 Å². The Morgan fingerprint density at radius 1 is 1.19 bits per heavy atom. The van der Waals surface area contributed by atoms with Crippen molar-refractivity contribution in [2.75, 3.05) is 19.0 Å². The van der Waals surface area contributed by atoms with Crippen LogP contribution in [0.25, 0.3) is 0 Å². The Kier molecular flexibility index (Phi) is 8.56. The maximum atomic E-state index is 10.9. The fourth-order valence-corrected chi connectivity index (χ4v) is 2.45. The van der Waals surface area contributed by atoms with Gasteiger partial charge in [-0.25, -0.2) is 0 Å². The lowest BCUT2D eigenvalue weighted by molar-refractivity contribution is -0.146. The van der Waals surface area contributed by atoms with Gasteiger partial charge in [-0.05, 0) is 38.3 Å². The topological polar surface area (TPSA) is 38.3 Å². The summed E-state index contributed by atoms with van der Waals surface area (Å²) in [7, 11) is 1.47. The number of nitrogens with one attached hydrogen (secondary N) is 1. The maximum Gasteiger partial charge on any atom is 0.308 e. The van der Waals surface area contributed by atoms with Gasteiger partial charge in [-0.3, -0.25) is 4.79 Å². The molecule has 0 radical (unpaired) electrons. The fraction of sp³-hybridized carbons (Fsp3) is 0.611. The summed E-state index contributed by atoms with van der Waals surface area (Å²) in [5, 5.41) is 3.32. The molecule has 1 aliphatic rings. The number of carbonyl (C=O) groups excluding carboxylic acids is 1. The van der Waals surface area contributed by atoms with Crippen LogP contribution in [-0.4, -0.2) is 19.6 Å². The molecule has 2 rings (SSSR count). The van der Waals surface area contributed by atoms with Gasteiger partial charge in [-0.2, -0.15) is 0 Å². The number of methoxy groups -OCH3 is 1. The summed E-state index contributed by atoms with van der Waals surface area (Å²) in [6.45, 7) is 5.33. The van der Waals surface area contributed by atoms with Crippen LogP contribution in [0.2, 0.25) is 0 Å². The van der Waals surface area contributed by atoms with Gasteiger partial charge in [-0.1, -0.05) is 43.9 Å². The molecule has 21 heavy (non-hydrogen) atoms. The zero-order valence-electron chi connectivity index (χ0n) is 13.7. The van der Waals surface area contributed by atoms with Crippen LogP contribution in [-0.2, 0) is 9.53 Å². The SMILES string of the molecule is CCCNc1ccc(C)cc1.COC(=O)C1CCCCC1. The molecule has 1 aromatic rings. The molecule has 3 nitrogen and oxygen atoms in total. The van der Waals surface area contributed by atoms with E-state index in [1.807, 2.05) is 0 Å². The van der Waals surface area contributed by atoms with Crippen LogP contribution in [0.1, 0.15) is 51.0 Å². The zero-order chi connectivity index (χ0) is 15.5. The third-order valence-electron chi connectivity index (χ3n) is 3.77. The van der Waals surface area contributed by atoms with Crippen molar-refractivity contribution in [3.8, 4) is 0 Å². The first-order valence-electron chi connectivity index (χ1n) is 8.05. The monoisotopic (exact) mass is 291 g/mol. The van der Waals surface area contributed by atoms with E-state index in [0.29, 0.717) is 0 Å². The first kappa shape index (κ1) is 17.5. The van der Waals surface area contributed by atoms with Crippen LogP contribution in [0, 0.1) is 12.8 Å². The molecule has 1 saturated carbocycles. The van der Waals surface area contributed by atoms with Crippen molar-refractivity contribution in [3.05, 3.63) is 29.8 Å². The molecule has 0 aromatic heterocycles. The van der Waals surface area contributed by atoms with E-state index in [1.54, 1.807) is 0 Å². The molecule has 0 amide bonds. The highest BCUT2D eigenvalue weighted by Crippen LogP contribution is 2.24. The minimum Gasteiger partial charge on any atom is -0.469 e. The van der Waals surface area contributed by atoms with E-state index in [-0.39, 0.29) is 11.9 Å². The summed E-state index contributed by atoms with van der Waals surface area (Å²) in [5.41, 5.74) is 2.53. The number of benzene rings is 1. The molecule has 3 heteroatoms. The second kappa shape index (κ2) is 10.3. The van der Waals surface area contributed by atoms with Crippen molar-refractivity contribution in [1.29, 1.82) is 0 Å². The summed E-state index contributed by atoms with van der Waals surface area (Å²) >= 11 is 0. The Labute approximate surface area is 129 Å². The molecule has 0 bridgehead atoms. The van der Waals surface area contributed by atoms with Crippen LogP contribution >= 0.6 is 0 Å². The number of carbonyl (C=O) groups is 1. The van der Waals surface area contributed by atoms with Crippen molar-refractivity contribution < 1.29 is 9.53 Å². The van der Waals surface area contributed by atoms with Gasteiger partial charge < -0.3 is 10.1 Å². The number of hydrogen-bond acceptors (Lipinski definition) is 3. The van der Waals surface area contributed by atoms with Gasteiger partial charge >= 0.3 is 5.97 Å². The predicted molar refractivity (Wildman–Crippen MR) is 88.6 cm³/mol. The first-order valence-corrected chi connectivity index (χ1v) is 8.05. The third kappa shape index (κ3) is 7.16. The summed E-state index contributed by atoms with van der Waals surface area (Å²) < 4.78 is 4.65. The molecule has 0 unspecified atom stereocenters. The van der Waals surface area contributed by atoms with Crippen molar-refractivity contribution in [2.24, 2.45) is 5.92 Å². The van der Waals surface area contributed by atoms with Gasteiger partial charge in [0, 0.05) is 12.2 Å². The van der Waals surface area contributed by atoms with Gasteiger partial charge in [0.25, 0.3) is 0 Å². The number of esters is 1. The third-order valence-corrected chi connectivity index (χ3v) is 3.77. The Balaban J connectivity index is 0.000000211. The smallest absolute Gasteiger partial charge is 0.308 e. The summed E-state index contributed by atoms with van der Waals surface area (Å²) in [6, 6.07) is 8.48. The Hall–Kier alpha value is -1.51. The number of anilines is 1. The van der Waals surface area contributed by atoms with Crippen LogP contribution in [0.3, 0.4) is 0 Å². The summed E-state index contributed by atoms with van der Waals surface area (Å²) in [4.78, 5) is 10.9. The fourth-order valence-electron chi connectivity index (χ4n) is 2.45. The molecule has 118 valence electrons. The molecule has 1 N–H and O–H groups in total. The van der Waals surface area contributed by atoms with E-state index >= 15 is 0 Å². The number of hydrogen-bond donors (Lipinski definition) is 1. The quantitative estimate of drug-likeness (QED) is 0.827. The van der Waals surface area contributed by atoms with Crippen LogP contribution in [0.5, 0.6) is 0 Å². The highest BCUT2D eigenvalue weighted by Gasteiger charge is 2.20. The van der Waals surface area contributed by atoms with Gasteiger partial charge in [0.15, 0.2) is 0 Å². The zero-order valence-corrected chi connectivity index (χ0v) is 13.7. The lowest BCUT2D eigenvalue weighted by Crippen LogP contribution is -2.18. The van der Waals surface area contributed by atoms with Crippen molar-refractivity contribution in [3.63, 3.8) is 0 Å². The molecule has 1 fully saturated rings. The van der Waals surface area contributed by atoms with Crippen molar-refractivity contribution in [1.82, 2.24) is 0 Å². The van der Waals surface area contributed by atoms with E-state index < -0.39 is 0 Å². The molecule has 0 spiro atoms. The molecule has 0 saturated heterocycles. The van der Waals surface area contributed by atoms with Gasteiger partial charge in [0.2, 0.25) is 0 Å². The Bertz CT molecular complexity index is 394. The first-order chi connectivity index (χ1) is 10.2. The number of rotatable bonds is 4. The van der Waals surface area contributed by atoms with Crippen LogP contribution < -0.4 is 5.32 Å². The predicted octanol–water partition coefficient (Wildman–Crippen LogP) is 4.56. The molecule has 1 aromatic carbocycles. The molecular weight excluding hydrogens is 262 g/mol. The molecule has 1 aliphatic carbocycles. The lowest BCUT2D eigenvalue weighted by atomic mass is 9.89. The van der Waals surface area contributed by atoms with Gasteiger partial charge in [-0.15, -0.1) is 0 Å². The van der Waals surface area contributed by atoms with Crippen molar-refractivity contribution in [2.45, 2.75) is 52.4 Å². The van der Waals surface area contributed by atoms with Crippen LogP contribution in [0.15, 0.2) is 24.3 Å². The summed E-state index contributed by atoms with van der Waals surface area (Å²) in [5.74, 6) is 0.193. The van der Waals surface area contributed by atoms with E-state index in [1.165, 1.54) is 44.0 Å². The normalized spacial score (nSPS) is 14.8. The average molecular weight is 291 g/mol. The maximum absolute atomic E-state index is 10.9. The number of ether oxygens (including phenoxy) is 1. The largest absolute Gasteiger partial charge is 0.469 e. The minimum atomic E-state index is -0.0142. The highest BCUT2D eigenvalue weighted by molar-refractivity contribution is 5.72. The number of aryl methyl sites for hydroxylation is 1. The Morgan fingerprint density at radius 2 is 1.81 bits per heavy atom. The standard InChI is InChI=1S/C10H15N.C8H14O2/c1-3-8-11-10-6-4-9(2)5-7-10;1-10-8(9)7-5-3-2-4-6-7/h4-7,11H,3,8H2,1-2H3;7H,2-6H2,1H3. The van der Waals surface area contributed by atoms with Crippen LogP contribution in [0.4, 0.5) is 5.69 Å². The van der Waals surface area contributed by atoms with E-state index in [2.05, 4.69) is 48.2 Å². The van der Waals surface area contributed by atoms with Gasteiger partial charge in [0.05, 0.1) is 13.0 Å². The van der Waals surface area contributed by atoms with E-state index in [9.17, 15) is 4.79 Å².